The zero-order valence-electron chi connectivity index (χ0n) is 16.0. The van der Waals surface area contributed by atoms with E-state index in [0.29, 0.717) is 36.2 Å². The largest absolute Gasteiger partial charge is 0.490 e. The smallest absolute Gasteiger partial charge is 0.293 e. The average molecular weight is 397 g/mol. The van der Waals surface area contributed by atoms with Crippen molar-refractivity contribution in [2.45, 2.75) is 26.9 Å². The minimum Gasteiger partial charge on any atom is -0.490 e. The Morgan fingerprint density at radius 1 is 1.00 bits per heavy atom. The Bertz CT molecular complexity index is 879. The molecule has 2 amide bonds. The van der Waals surface area contributed by atoms with Crippen LogP contribution >= 0.6 is 11.8 Å². The van der Waals surface area contributed by atoms with Crippen LogP contribution in [0.5, 0.6) is 11.5 Å². The summed E-state index contributed by atoms with van der Waals surface area (Å²) in [5, 5.41) is -0.217. The molecular formula is C22H23NO4S. The summed E-state index contributed by atoms with van der Waals surface area (Å²) in [6, 6.07) is 15.4. The highest BCUT2D eigenvalue weighted by Crippen LogP contribution is 2.35. The van der Waals surface area contributed by atoms with E-state index in [0.717, 1.165) is 29.3 Å². The molecule has 2 aromatic carbocycles. The second-order valence-electron chi connectivity index (χ2n) is 6.25. The van der Waals surface area contributed by atoms with Gasteiger partial charge in [0.25, 0.3) is 11.1 Å². The molecule has 5 nitrogen and oxygen atoms in total. The van der Waals surface area contributed by atoms with Gasteiger partial charge in [-0.15, -0.1) is 0 Å². The monoisotopic (exact) mass is 397 g/mol. The first-order valence-electron chi connectivity index (χ1n) is 9.31. The number of rotatable bonds is 8. The lowest BCUT2D eigenvalue weighted by Crippen LogP contribution is -2.28. The molecule has 0 radical (unpaired) electrons. The first-order chi connectivity index (χ1) is 13.6. The summed E-state index contributed by atoms with van der Waals surface area (Å²) in [7, 11) is 0. The number of nitrogens with zero attached hydrogens (tertiary/aromatic N) is 1. The molecule has 1 fully saturated rings. The normalized spacial score (nSPS) is 15.4. The van der Waals surface area contributed by atoms with Gasteiger partial charge in [-0.2, -0.15) is 0 Å². The molecule has 3 rings (SSSR count). The Hall–Kier alpha value is -2.73. The maximum absolute atomic E-state index is 12.4. The Morgan fingerprint density at radius 3 is 2.50 bits per heavy atom. The van der Waals surface area contributed by atoms with Gasteiger partial charge in [-0.05, 0) is 54.4 Å². The fourth-order valence-corrected chi connectivity index (χ4v) is 3.67. The van der Waals surface area contributed by atoms with Gasteiger partial charge < -0.3 is 9.47 Å². The lowest BCUT2D eigenvalue weighted by molar-refractivity contribution is -0.122. The predicted molar refractivity (Wildman–Crippen MR) is 111 cm³/mol. The van der Waals surface area contributed by atoms with Crippen molar-refractivity contribution in [1.82, 2.24) is 4.90 Å². The molecule has 0 spiro atoms. The minimum atomic E-state index is -0.237. The van der Waals surface area contributed by atoms with Crippen molar-refractivity contribution in [2.75, 3.05) is 13.2 Å². The molecule has 0 N–H and O–H groups in total. The molecule has 146 valence electrons. The average Bonchev–Trinajstić information content (AvgIpc) is 2.96. The van der Waals surface area contributed by atoms with E-state index in [2.05, 4.69) is 0 Å². The third-order valence-corrected chi connectivity index (χ3v) is 5.03. The standard InChI is InChI=1S/C22H23NO4S/c1-3-12-23-21(24)20(28-22(23)25)14-17-10-11-18(19(13-17)26-4-2)27-15-16-8-6-5-7-9-16/h5-11,13-14H,3-4,12,15H2,1-2H3/b20-14+. The van der Waals surface area contributed by atoms with Crippen LogP contribution in [0.2, 0.25) is 0 Å². The van der Waals surface area contributed by atoms with Crippen molar-refractivity contribution >= 4 is 29.0 Å². The molecule has 0 unspecified atom stereocenters. The number of hydrogen-bond acceptors (Lipinski definition) is 5. The van der Waals surface area contributed by atoms with Crippen molar-refractivity contribution < 1.29 is 19.1 Å². The summed E-state index contributed by atoms with van der Waals surface area (Å²) in [6.07, 6.45) is 2.47. The SMILES string of the molecule is CCCN1C(=O)S/C(=C/c2ccc(OCc3ccccc3)c(OCC)c2)C1=O. The Kier molecular flexibility index (Phi) is 6.76. The Labute approximate surface area is 169 Å². The lowest BCUT2D eigenvalue weighted by atomic mass is 10.1. The molecule has 28 heavy (non-hydrogen) atoms. The third-order valence-electron chi connectivity index (χ3n) is 4.12. The number of imide groups is 1. The number of amides is 2. The van der Waals surface area contributed by atoms with Crippen molar-refractivity contribution in [1.29, 1.82) is 0 Å². The van der Waals surface area contributed by atoms with E-state index in [4.69, 9.17) is 9.47 Å². The molecular weight excluding hydrogens is 374 g/mol. The van der Waals surface area contributed by atoms with Crippen LogP contribution in [-0.4, -0.2) is 29.2 Å². The van der Waals surface area contributed by atoms with Gasteiger partial charge in [0, 0.05) is 6.54 Å². The van der Waals surface area contributed by atoms with Crippen LogP contribution in [0.3, 0.4) is 0 Å². The van der Waals surface area contributed by atoms with E-state index in [-0.39, 0.29) is 11.1 Å². The molecule has 1 heterocycles. The Morgan fingerprint density at radius 2 is 1.79 bits per heavy atom. The number of benzene rings is 2. The second-order valence-corrected chi connectivity index (χ2v) is 7.24. The summed E-state index contributed by atoms with van der Waals surface area (Å²) < 4.78 is 11.6. The quantitative estimate of drug-likeness (QED) is 0.579. The molecule has 0 atom stereocenters. The first kappa shape index (κ1) is 20.0. The van der Waals surface area contributed by atoms with Gasteiger partial charge >= 0.3 is 0 Å². The molecule has 6 heteroatoms. The molecule has 1 aliphatic rings. The summed E-state index contributed by atoms with van der Waals surface area (Å²) in [6.45, 7) is 5.23. The van der Waals surface area contributed by atoms with E-state index in [9.17, 15) is 9.59 Å². The minimum absolute atomic E-state index is 0.217. The maximum atomic E-state index is 12.4. The van der Waals surface area contributed by atoms with E-state index in [1.807, 2.05) is 62.4 Å². The maximum Gasteiger partial charge on any atom is 0.293 e. The fraction of sp³-hybridized carbons (Fsp3) is 0.273. The van der Waals surface area contributed by atoms with E-state index >= 15 is 0 Å². The molecule has 0 bridgehead atoms. The van der Waals surface area contributed by atoms with E-state index < -0.39 is 0 Å². The summed E-state index contributed by atoms with van der Waals surface area (Å²) in [5.41, 5.74) is 1.86. The van der Waals surface area contributed by atoms with Crippen LogP contribution in [0.25, 0.3) is 6.08 Å². The van der Waals surface area contributed by atoms with Crippen LogP contribution in [0.1, 0.15) is 31.4 Å². The molecule has 0 aromatic heterocycles. The van der Waals surface area contributed by atoms with Gasteiger partial charge in [-0.1, -0.05) is 43.3 Å². The molecule has 1 aliphatic heterocycles. The number of carbonyl (C=O) groups excluding carboxylic acids is 2. The number of carbonyl (C=O) groups is 2. The van der Waals surface area contributed by atoms with Crippen molar-refractivity contribution in [3.8, 4) is 11.5 Å². The van der Waals surface area contributed by atoms with E-state index in [1.54, 1.807) is 6.08 Å². The fourth-order valence-electron chi connectivity index (χ4n) is 2.81. The van der Waals surface area contributed by atoms with Gasteiger partial charge in [-0.3, -0.25) is 14.5 Å². The van der Waals surface area contributed by atoms with Gasteiger partial charge in [0.05, 0.1) is 11.5 Å². The Balaban J connectivity index is 1.78. The highest BCUT2D eigenvalue weighted by molar-refractivity contribution is 8.18. The van der Waals surface area contributed by atoms with Gasteiger partial charge in [0.15, 0.2) is 11.5 Å². The van der Waals surface area contributed by atoms with Crippen molar-refractivity contribution in [2.24, 2.45) is 0 Å². The summed E-state index contributed by atoms with van der Waals surface area (Å²) in [4.78, 5) is 26.1. The molecule has 0 aliphatic carbocycles. The van der Waals surface area contributed by atoms with Crippen LogP contribution in [-0.2, 0) is 11.4 Å². The van der Waals surface area contributed by atoms with Gasteiger partial charge in [-0.25, -0.2) is 0 Å². The number of thioether (sulfide) groups is 1. The van der Waals surface area contributed by atoms with Crippen LogP contribution in [0.15, 0.2) is 53.4 Å². The van der Waals surface area contributed by atoms with Crippen molar-refractivity contribution in [3.05, 3.63) is 64.6 Å². The van der Waals surface area contributed by atoms with Gasteiger partial charge in [0.1, 0.15) is 6.61 Å². The second kappa shape index (κ2) is 9.46. The van der Waals surface area contributed by atoms with Crippen molar-refractivity contribution in [3.63, 3.8) is 0 Å². The highest BCUT2D eigenvalue weighted by Gasteiger charge is 2.34. The molecule has 2 aromatic rings. The molecule has 1 saturated heterocycles. The zero-order valence-corrected chi connectivity index (χ0v) is 16.8. The highest BCUT2D eigenvalue weighted by atomic mass is 32.2. The lowest BCUT2D eigenvalue weighted by Gasteiger charge is -2.13. The topological polar surface area (TPSA) is 55.8 Å². The third kappa shape index (κ3) is 4.75. The number of ether oxygens (including phenoxy) is 2. The number of hydrogen-bond donors (Lipinski definition) is 0. The summed E-state index contributed by atoms with van der Waals surface area (Å²) in [5.74, 6) is 1.01. The van der Waals surface area contributed by atoms with Crippen LogP contribution in [0.4, 0.5) is 4.79 Å². The predicted octanol–water partition coefficient (Wildman–Crippen LogP) is 5.11. The first-order valence-corrected chi connectivity index (χ1v) is 10.1. The molecule has 0 saturated carbocycles. The van der Waals surface area contributed by atoms with E-state index in [1.165, 1.54) is 4.90 Å². The zero-order chi connectivity index (χ0) is 19.9. The van der Waals surface area contributed by atoms with Crippen LogP contribution in [0, 0.1) is 0 Å². The van der Waals surface area contributed by atoms with Gasteiger partial charge in [0.2, 0.25) is 0 Å². The summed E-state index contributed by atoms with van der Waals surface area (Å²) >= 11 is 0.974. The van der Waals surface area contributed by atoms with Crippen LogP contribution < -0.4 is 9.47 Å².